The first kappa shape index (κ1) is 19.6. The zero-order chi connectivity index (χ0) is 22.9. The maximum atomic E-state index is 14.1. The number of aromatic nitrogens is 6. The Morgan fingerprint density at radius 3 is 2.79 bits per heavy atom. The van der Waals surface area contributed by atoms with E-state index in [4.69, 9.17) is 5.10 Å². The Kier molecular flexibility index (Phi) is 3.98. The molecule has 33 heavy (non-hydrogen) atoms. The Hall–Kier alpha value is -4.08. The summed E-state index contributed by atoms with van der Waals surface area (Å²) in [4.78, 5) is 44.8. The lowest BCUT2D eigenvalue weighted by molar-refractivity contribution is -0.126. The molecule has 2 aliphatic rings. The molecule has 1 spiro atoms. The first-order valence-electron chi connectivity index (χ1n) is 10.9. The number of fused-ring (bicyclic) bond motifs is 5. The number of rotatable bonds is 3. The van der Waals surface area contributed by atoms with E-state index in [9.17, 15) is 9.59 Å². The molecular formula is C23H22N8O2. The molecule has 1 atom stereocenters. The SMILES string of the molecule is Cc1nn(-c2ncnc3nc[nH]c23)c2c1C1(CC(=O)N2)C(=O)N(CC(C)C)c2ccccc21. The zero-order valence-corrected chi connectivity index (χ0v) is 18.5. The lowest BCUT2D eigenvalue weighted by Gasteiger charge is -2.33. The van der Waals surface area contributed by atoms with Crippen LogP contribution in [0.4, 0.5) is 11.5 Å². The molecule has 3 aromatic heterocycles. The van der Waals surface area contributed by atoms with Crippen LogP contribution in [0, 0.1) is 12.8 Å². The highest BCUT2D eigenvalue weighted by atomic mass is 16.2. The number of amides is 2. The number of aryl methyl sites for hydroxylation is 1. The van der Waals surface area contributed by atoms with E-state index in [1.54, 1.807) is 4.68 Å². The van der Waals surface area contributed by atoms with Crippen molar-refractivity contribution in [2.75, 3.05) is 16.8 Å². The van der Waals surface area contributed by atoms with Crippen molar-refractivity contribution >= 4 is 34.5 Å². The minimum atomic E-state index is -1.13. The van der Waals surface area contributed by atoms with Gasteiger partial charge in [0, 0.05) is 24.2 Å². The minimum Gasteiger partial charge on any atom is -0.340 e. The first-order chi connectivity index (χ1) is 15.9. The molecule has 0 aliphatic carbocycles. The van der Waals surface area contributed by atoms with Crippen molar-refractivity contribution in [2.45, 2.75) is 32.6 Å². The number of hydrogen-bond acceptors (Lipinski definition) is 6. The monoisotopic (exact) mass is 442 g/mol. The van der Waals surface area contributed by atoms with Crippen LogP contribution < -0.4 is 10.2 Å². The van der Waals surface area contributed by atoms with Crippen molar-refractivity contribution in [2.24, 2.45) is 5.92 Å². The van der Waals surface area contributed by atoms with Crippen LogP contribution in [0.2, 0.25) is 0 Å². The van der Waals surface area contributed by atoms with Crippen LogP contribution in [0.25, 0.3) is 17.0 Å². The van der Waals surface area contributed by atoms with E-state index < -0.39 is 5.41 Å². The molecule has 10 nitrogen and oxygen atoms in total. The molecule has 1 unspecified atom stereocenters. The quantitative estimate of drug-likeness (QED) is 0.503. The fourth-order valence-corrected chi connectivity index (χ4v) is 5.21. The van der Waals surface area contributed by atoms with Crippen molar-refractivity contribution < 1.29 is 9.59 Å². The molecule has 2 aliphatic heterocycles. The van der Waals surface area contributed by atoms with Crippen LogP contribution in [0.1, 0.15) is 37.1 Å². The van der Waals surface area contributed by atoms with Gasteiger partial charge in [-0.3, -0.25) is 9.59 Å². The molecule has 5 heterocycles. The van der Waals surface area contributed by atoms with Crippen molar-refractivity contribution in [1.29, 1.82) is 0 Å². The number of para-hydroxylation sites is 1. The van der Waals surface area contributed by atoms with Crippen LogP contribution in [0.5, 0.6) is 0 Å². The second kappa shape index (κ2) is 6.71. The third kappa shape index (κ3) is 2.54. The number of hydrogen-bond donors (Lipinski definition) is 2. The molecule has 2 N–H and O–H groups in total. The normalized spacial score (nSPS) is 19.5. The Balaban J connectivity index is 1.64. The van der Waals surface area contributed by atoms with Gasteiger partial charge in [-0.25, -0.2) is 15.0 Å². The summed E-state index contributed by atoms with van der Waals surface area (Å²) in [6, 6.07) is 7.74. The van der Waals surface area contributed by atoms with E-state index in [-0.39, 0.29) is 24.2 Å². The molecule has 0 saturated heterocycles. The van der Waals surface area contributed by atoms with Gasteiger partial charge in [0.25, 0.3) is 0 Å². The second-order valence-electron chi connectivity index (χ2n) is 8.98. The average Bonchev–Trinajstić information content (AvgIpc) is 3.45. The van der Waals surface area contributed by atoms with Gasteiger partial charge in [-0.1, -0.05) is 32.0 Å². The van der Waals surface area contributed by atoms with Crippen LogP contribution in [-0.4, -0.2) is 48.1 Å². The summed E-state index contributed by atoms with van der Waals surface area (Å²) in [5, 5.41) is 7.69. The summed E-state index contributed by atoms with van der Waals surface area (Å²) in [6.07, 6.45) is 2.97. The second-order valence-corrected chi connectivity index (χ2v) is 8.98. The smallest absolute Gasteiger partial charge is 0.242 e. The van der Waals surface area contributed by atoms with Gasteiger partial charge in [-0.15, -0.1) is 0 Å². The number of aromatic amines is 1. The number of carbonyl (C=O) groups excluding carboxylic acids is 2. The van der Waals surface area contributed by atoms with Crippen LogP contribution in [0.3, 0.4) is 0 Å². The van der Waals surface area contributed by atoms with Gasteiger partial charge in [-0.2, -0.15) is 9.78 Å². The molecule has 166 valence electrons. The molecule has 0 saturated carbocycles. The van der Waals surface area contributed by atoms with Crippen molar-refractivity contribution in [3.8, 4) is 5.82 Å². The third-order valence-corrected chi connectivity index (χ3v) is 6.39. The predicted molar refractivity (Wildman–Crippen MR) is 121 cm³/mol. The topological polar surface area (TPSA) is 122 Å². The summed E-state index contributed by atoms with van der Waals surface area (Å²) in [5.74, 6) is 0.844. The van der Waals surface area contributed by atoms with E-state index in [1.807, 2.05) is 36.1 Å². The molecule has 0 bridgehead atoms. The molecule has 10 heteroatoms. The number of nitrogens with one attached hydrogen (secondary N) is 2. The number of imidazole rings is 1. The highest BCUT2D eigenvalue weighted by Crippen LogP contribution is 2.53. The predicted octanol–water partition coefficient (Wildman–Crippen LogP) is 2.48. The molecule has 4 aromatic rings. The van der Waals surface area contributed by atoms with Gasteiger partial charge in [0.1, 0.15) is 23.1 Å². The summed E-state index contributed by atoms with van der Waals surface area (Å²) < 4.78 is 1.58. The van der Waals surface area contributed by atoms with Gasteiger partial charge in [-0.05, 0) is 24.5 Å². The van der Waals surface area contributed by atoms with Gasteiger partial charge in [0.15, 0.2) is 11.5 Å². The van der Waals surface area contributed by atoms with E-state index in [2.05, 4.69) is 39.1 Å². The average molecular weight is 442 g/mol. The number of anilines is 2. The largest absolute Gasteiger partial charge is 0.340 e. The number of H-pyrrole nitrogens is 1. The first-order valence-corrected chi connectivity index (χ1v) is 10.9. The lowest BCUT2D eigenvalue weighted by Crippen LogP contribution is -2.47. The summed E-state index contributed by atoms with van der Waals surface area (Å²) in [5.41, 5.74) is 3.00. The maximum absolute atomic E-state index is 14.1. The zero-order valence-electron chi connectivity index (χ0n) is 18.5. The van der Waals surface area contributed by atoms with Gasteiger partial charge in [0.2, 0.25) is 11.8 Å². The molecule has 2 amide bonds. The Labute approximate surface area is 189 Å². The Morgan fingerprint density at radius 1 is 1.15 bits per heavy atom. The molecule has 0 fully saturated rings. The summed E-state index contributed by atoms with van der Waals surface area (Å²) in [6.45, 7) is 6.59. The van der Waals surface area contributed by atoms with Gasteiger partial charge < -0.3 is 15.2 Å². The van der Waals surface area contributed by atoms with E-state index in [0.29, 0.717) is 40.6 Å². The van der Waals surface area contributed by atoms with E-state index in [1.165, 1.54) is 12.7 Å². The molecular weight excluding hydrogens is 420 g/mol. The fraction of sp³-hybridized carbons (Fsp3) is 0.304. The van der Waals surface area contributed by atoms with Crippen LogP contribution >= 0.6 is 0 Å². The summed E-state index contributed by atoms with van der Waals surface area (Å²) in [7, 11) is 0. The third-order valence-electron chi connectivity index (χ3n) is 6.39. The van der Waals surface area contributed by atoms with Crippen LogP contribution in [-0.2, 0) is 15.0 Å². The molecule has 1 aromatic carbocycles. The fourth-order valence-electron chi connectivity index (χ4n) is 5.21. The number of carbonyl (C=O) groups is 2. The lowest BCUT2D eigenvalue weighted by atomic mass is 9.70. The maximum Gasteiger partial charge on any atom is 0.242 e. The standard InChI is InChI=1S/C23H22N8O2/c1-12(2)9-30-15-7-5-4-6-14(15)23(22(30)33)8-16(32)28-20-17(23)13(3)29-31(20)21-18-19(25-10-24-18)26-11-27-21/h4-7,10-12H,8-9H2,1-3H3,(H,28,32)(H,24,25,26,27). The van der Waals surface area contributed by atoms with Gasteiger partial charge >= 0.3 is 0 Å². The van der Waals surface area contributed by atoms with Gasteiger partial charge in [0.05, 0.1) is 12.0 Å². The van der Waals surface area contributed by atoms with E-state index >= 15 is 0 Å². The van der Waals surface area contributed by atoms with Crippen LogP contribution in [0.15, 0.2) is 36.9 Å². The Bertz CT molecular complexity index is 1450. The minimum absolute atomic E-state index is 0.0280. The highest BCUT2D eigenvalue weighted by molar-refractivity contribution is 6.16. The number of nitrogens with zero attached hydrogens (tertiary/aromatic N) is 6. The molecule has 0 radical (unpaired) electrons. The summed E-state index contributed by atoms with van der Waals surface area (Å²) >= 11 is 0. The highest BCUT2D eigenvalue weighted by Gasteiger charge is 2.58. The molecule has 6 rings (SSSR count). The van der Waals surface area contributed by atoms with Crippen molar-refractivity contribution in [3.63, 3.8) is 0 Å². The number of benzene rings is 1. The Morgan fingerprint density at radius 2 is 1.97 bits per heavy atom. The van der Waals surface area contributed by atoms with E-state index in [0.717, 1.165) is 11.3 Å². The van der Waals surface area contributed by atoms with Crippen molar-refractivity contribution in [1.82, 2.24) is 29.7 Å². The van der Waals surface area contributed by atoms with Crippen molar-refractivity contribution in [3.05, 3.63) is 53.7 Å².